The molecule has 5 nitrogen and oxygen atoms in total. The van der Waals surface area contributed by atoms with Gasteiger partial charge in [0.15, 0.2) is 3.95 Å². The lowest BCUT2D eigenvalue weighted by atomic mass is 10.3. The number of carbonyl (C=O) groups is 1. The number of nitrogens with one attached hydrogen (secondary N) is 1. The summed E-state index contributed by atoms with van der Waals surface area (Å²) in [5.41, 5.74) is 0.991. The van der Waals surface area contributed by atoms with Crippen LogP contribution in [-0.4, -0.2) is 40.0 Å². The maximum atomic E-state index is 12.4. The number of thiazole rings is 1. The molecule has 0 aliphatic carbocycles. The SMILES string of the molecule is Cc1[nH]c(=S)sc1CC(=O)N1CC[C@@H](Oc2cccnc2)C1. The van der Waals surface area contributed by atoms with Gasteiger partial charge in [-0.1, -0.05) is 0 Å². The molecule has 2 aromatic rings. The normalized spacial score (nSPS) is 17.7. The van der Waals surface area contributed by atoms with Gasteiger partial charge in [-0.05, 0) is 31.3 Å². The smallest absolute Gasteiger partial charge is 0.228 e. The average Bonchev–Trinajstić information content (AvgIpc) is 3.07. The zero-order chi connectivity index (χ0) is 15.5. The van der Waals surface area contributed by atoms with E-state index in [4.69, 9.17) is 17.0 Å². The van der Waals surface area contributed by atoms with Crippen LogP contribution < -0.4 is 4.74 Å². The van der Waals surface area contributed by atoms with Crippen LogP contribution in [0.5, 0.6) is 5.75 Å². The zero-order valence-electron chi connectivity index (χ0n) is 12.2. The second-order valence-corrected chi connectivity index (χ2v) is 7.07. The maximum Gasteiger partial charge on any atom is 0.228 e. The molecule has 2 aromatic heterocycles. The minimum atomic E-state index is 0.0404. The van der Waals surface area contributed by atoms with Gasteiger partial charge >= 0.3 is 0 Å². The van der Waals surface area contributed by atoms with Crippen molar-refractivity contribution in [2.45, 2.75) is 25.9 Å². The Hall–Kier alpha value is -1.73. The number of aromatic nitrogens is 2. The fraction of sp³-hybridized carbons (Fsp3) is 0.400. The number of amides is 1. The quantitative estimate of drug-likeness (QED) is 0.873. The Balaban J connectivity index is 1.57. The van der Waals surface area contributed by atoms with Crippen molar-refractivity contribution in [1.29, 1.82) is 0 Å². The van der Waals surface area contributed by atoms with Crippen LogP contribution in [0.15, 0.2) is 24.5 Å². The van der Waals surface area contributed by atoms with Crippen LogP contribution in [0.25, 0.3) is 0 Å². The largest absolute Gasteiger partial charge is 0.487 e. The first-order valence-electron chi connectivity index (χ1n) is 7.15. The summed E-state index contributed by atoms with van der Waals surface area (Å²) in [5.74, 6) is 0.881. The number of aryl methyl sites for hydroxylation is 1. The van der Waals surface area contributed by atoms with Crippen LogP contribution in [0.2, 0.25) is 0 Å². The van der Waals surface area contributed by atoms with Gasteiger partial charge in [-0.3, -0.25) is 9.78 Å². The predicted octanol–water partition coefficient (Wildman–Crippen LogP) is 2.73. The van der Waals surface area contributed by atoms with Crippen LogP contribution in [-0.2, 0) is 11.2 Å². The highest BCUT2D eigenvalue weighted by atomic mass is 32.1. The van der Waals surface area contributed by atoms with E-state index < -0.39 is 0 Å². The molecular weight excluding hydrogens is 318 g/mol. The molecule has 1 N–H and O–H groups in total. The number of aromatic amines is 1. The Morgan fingerprint density at radius 2 is 2.50 bits per heavy atom. The summed E-state index contributed by atoms with van der Waals surface area (Å²) in [4.78, 5) is 22.4. The van der Waals surface area contributed by atoms with Gasteiger partial charge in [-0.15, -0.1) is 11.3 Å². The first-order chi connectivity index (χ1) is 10.6. The van der Waals surface area contributed by atoms with Gasteiger partial charge in [0.2, 0.25) is 5.91 Å². The Kier molecular flexibility index (Phi) is 4.54. The van der Waals surface area contributed by atoms with Crippen molar-refractivity contribution >= 4 is 29.5 Å². The zero-order valence-corrected chi connectivity index (χ0v) is 13.9. The predicted molar refractivity (Wildman–Crippen MR) is 87.8 cm³/mol. The summed E-state index contributed by atoms with van der Waals surface area (Å²) in [5, 5.41) is 0. The van der Waals surface area contributed by atoms with E-state index in [9.17, 15) is 4.79 Å². The van der Waals surface area contributed by atoms with E-state index in [-0.39, 0.29) is 12.0 Å². The standard InChI is InChI=1S/C15H17N3O2S2/c1-10-13(22-15(21)17-10)7-14(19)18-6-4-12(9-18)20-11-3-2-5-16-8-11/h2-3,5,8,12H,4,6-7,9H2,1H3,(H,17,21)/t12-/m1/s1. The second-order valence-electron chi connectivity index (χ2n) is 5.30. The Morgan fingerprint density at radius 1 is 1.64 bits per heavy atom. The lowest BCUT2D eigenvalue weighted by molar-refractivity contribution is -0.129. The fourth-order valence-electron chi connectivity index (χ4n) is 2.51. The number of pyridine rings is 1. The molecule has 22 heavy (non-hydrogen) atoms. The molecule has 0 saturated carbocycles. The van der Waals surface area contributed by atoms with E-state index in [1.807, 2.05) is 24.0 Å². The topological polar surface area (TPSA) is 58.2 Å². The molecule has 3 rings (SSSR count). The number of likely N-dealkylation sites (tertiary alicyclic amines) is 1. The second kappa shape index (κ2) is 6.58. The molecule has 0 aromatic carbocycles. The van der Waals surface area contributed by atoms with E-state index in [1.165, 1.54) is 11.3 Å². The highest BCUT2D eigenvalue weighted by molar-refractivity contribution is 7.73. The molecule has 1 fully saturated rings. The molecule has 1 aliphatic heterocycles. The Bertz CT molecular complexity index is 711. The van der Waals surface area contributed by atoms with Crippen LogP contribution in [0.1, 0.15) is 17.0 Å². The van der Waals surface area contributed by atoms with E-state index in [0.29, 0.717) is 13.0 Å². The lowest BCUT2D eigenvalue weighted by Crippen LogP contribution is -2.32. The molecular formula is C15H17N3O2S2. The molecule has 1 saturated heterocycles. The Morgan fingerprint density at radius 3 is 3.18 bits per heavy atom. The van der Waals surface area contributed by atoms with E-state index >= 15 is 0 Å². The van der Waals surface area contributed by atoms with Gasteiger partial charge in [-0.2, -0.15) is 0 Å². The molecule has 0 bridgehead atoms. The van der Waals surface area contributed by atoms with E-state index in [2.05, 4.69) is 9.97 Å². The molecule has 0 radical (unpaired) electrons. The third kappa shape index (κ3) is 3.53. The molecule has 1 aliphatic rings. The molecule has 7 heteroatoms. The highest BCUT2D eigenvalue weighted by Gasteiger charge is 2.28. The van der Waals surface area contributed by atoms with Gasteiger partial charge in [0, 0.05) is 29.7 Å². The van der Waals surface area contributed by atoms with Crippen molar-refractivity contribution in [1.82, 2.24) is 14.9 Å². The highest BCUT2D eigenvalue weighted by Crippen LogP contribution is 2.20. The molecule has 0 spiro atoms. The number of ether oxygens (including phenoxy) is 1. The third-order valence-corrected chi connectivity index (χ3v) is 5.01. The van der Waals surface area contributed by atoms with Gasteiger partial charge in [-0.25, -0.2) is 0 Å². The van der Waals surface area contributed by atoms with Gasteiger partial charge in [0.05, 0.1) is 19.2 Å². The number of rotatable bonds is 4. The van der Waals surface area contributed by atoms with Gasteiger partial charge in [0.25, 0.3) is 0 Å². The van der Waals surface area contributed by atoms with E-state index in [0.717, 1.165) is 33.2 Å². The van der Waals surface area contributed by atoms with Crippen molar-refractivity contribution in [3.05, 3.63) is 39.1 Å². The number of hydrogen-bond acceptors (Lipinski definition) is 5. The average molecular weight is 335 g/mol. The summed E-state index contributed by atoms with van der Waals surface area (Å²) in [7, 11) is 0. The van der Waals surface area contributed by atoms with Crippen LogP contribution in [0.3, 0.4) is 0 Å². The molecule has 116 valence electrons. The number of carbonyl (C=O) groups excluding carboxylic acids is 1. The van der Waals surface area contributed by atoms with Crippen molar-refractivity contribution in [2.24, 2.45) is 0 Å². The molecule has 3 heterocycles. The molecule has 0 unspecified atom stereocenters. The third-order valence-electron chi connectivity index (χ3n) is 3.67. The monoisotopic (exact) mass is 335 g/mol. The van der Waals surface area contributed by atoms with Crippen molar-refractivity contribution < 1.29 is 9.53 Å². The molecule has 1 amide bonds. The van der Waals surface area contributed by atoms with Crippen molar-refractivity contribution in [2.75, 3.05) is 13.1 Å². The van der Waals surface area contributed by atoms with Crippen molar-refractivity contribution in [3.63, 3.8) is 0 Å². The van der Waals surface area contributed by atoms with Crippen molar-refractivity contribution in [3.8, 4) is 5.75 Å². The summed E-state index contributed by atoms with van der Waals surface area (Å²) in [6.45, 7) is 3.31. The minimum absolute atomic E-state index is 0.0404. The van der Waals surface area contributed by atoms with E-state index in [1.54, 1.807) is 12.4 Å². The maximum absolute atomic E-state index is 12.4. The van der Waals surface area contributed by atoms with Crippen LogP contribution in [0.4, 0.5) is 0 Å². The first kappa shape index (κ1) is 15.2. The van der Waals surface area contributed by atoms with Crippen LogP contribution >= 0.6 is 23.6 Å². The summed E-state index contributed by atoms with van der Waals surface area (Å²) < 4.78 is 6.58. The number of hydrogen-bond donors (Lipinski definition) is 1. The summed E-state index contributed by atoms with van der Waals surface area (Å²) >= 11 is 6.59. The van der Waals surface area contributed by atoms with Gasteiger partial charge in [0.1, 0.15) is 11.9 Å². The molecule has 1 atom stereocenters. The Labute approximate surface area is 138 Å². The number of H-pyrrole nitrogens is 1. The fourth-order valence-corrected chi connectivity index (χ4v) is 3.80. The first-order valence-corrected chi connectivity index (χ1v) is 8.37. The summed E-state index contributed by atoms with van der Waals surface area (Å²) in [6.07, 6.45) is 4.70. The van der Waals surface area contributed by atoms with Gasteiger partial charge < -0.3 is 14.6 Å². The number of nitrogens with zero attached hydrogens (tertiary/aromatic N) is 2. The lowest BCUT2D eigenvalue weighted by Gasteiger charge is -2.17. The minimum Gasteiger partial charge on any atom is -0.487 e. The van der Waals surface area contributed by atoms with Crippen LogP contribution in [0, 0.1) is 10.9 Å². The summed E-state index contributed by atoms with van der Waals surface area (Å²) in [6, 6.07) is 3.73.